The lowest BCUT2D eigenvalue weighted by Gasteiger charge is -2.03. The fourth-order valence-corrected chi connectivity index (χ4v) is 1.31. The highest BCUT2D eigenvalue weighted by Crippen LogP contribution is 2.32. The molecule has 3 nitrogen and oxygen atoms in total. The molecule has 0 saturated carbocycles. The van der Waals surface area contributed by atoms with Crippen LogP contribution in [-0.4, -0.2) is 10.2 Å². The van der Waals surface area contributed by atoms with Gasteiger partial charge in [-0.1, -0.05) is 12.1 Å². The normalized spacial score (nSPS) is 9.71. The minimum atomic E-state index is 0. The molecule has 0 aromatic heterocycles. The summed E-state index contributed by atoms with van der Waals surface area (Å²) in [6.45, 7) is 0. The van der Waals surface area contributed by atoms with E-state index in [-0.39, 0.29) is 23.9 Å². The molecule has 0 saturated heterocycles. The molecular formula is C10H10ClNO2. The van der Waals surface area contributed by atoms with Crippen LogP contribution < -0.4 is 5.73 Å². The van der Waals surface area contributed by atoms with Crippen LogP contribution >= 0.6 is 12.4 Å². The van der Waals surface area contributed by atoms with Crippen LogP contribution in [0.3, 0.4) is 0 Å². The molecule has 0 aliphatic carbocycles. The number of hydrogen-bond acceptors (Lipinski definition) is 3. The Balaban J connectivity index is 0.000000980. The minimum absolute atomic E-state index is 0. The van der Waals surface area contributed by atoms with E-state index in [0.717, 1.165) is 5.39 Å². The second kappa shape index (κ2) is 3.64. The summed E-state index contributed by atoms with van der Waals surface area (Å²) in [5, 5.41) is 20.2. The molecule has 0 atom stereocenters. The molecule has 74 valence electrons. The first-order valence-corrected chi connectivity index (χ1v) is 3.88. The SMILES string of the molecule is Cl.Nc1ccc2ccc(O)cc2c1O. The molecule has 0 amide bonds. The summed E-state index contributed by atoms with van der Waals surface area (Å²) in [6.07, 6.45) is 0. The average Bonchev–Trinajstić information content (AvgIpc) is 2.12. The van der Waals surface area contributed by atoms with Crippen LogP contribution in [0.25, 0.3) is 10.8 Å². The number of aromatic hydroxyl groups is 2. The second-order valence-electron chi connectivity index (χ2n) is 2.91. The van der Waals surface area contributed by atoms with Crippen LogP contribution in [0.2, 0.25) is 0 Å². The maximum Gasteiger partial charge on any atom is 0.146 e. The van der Waals surface area contributed by atoms with Crippen LogP contribution in [0.5, 0.6) is 11.5 Å². The number of nitrogen functional groups attached to an aromatic ring is 1. The van der Waals surface area contributed by atoms with E-state index in [1.54, 1.807) is 24.3 Å². The first kappa shape index (κ1) is 10.5. The molecule has 0 bridgehead atoms. The van der Waals surface area contributed by atoms with Gasteiger partial charge in [0, 0.05) is 5.39 Å². The van der Waals surface area contributed by atoms with Gasteiger partial charge in [0.1, 0.15) is 11.5 Å². The van der Waals surface area contributed by atoms with Gasteiger partial charge in [-0.15, -0.1) is 12.4 Å². The lowest BCUT2D eigenvalue weighted by atomic mass is 10.1. The van der Waals surface area contributed by atoms with Crippen LogP contribution in [0, 0.1) is 0 Å². The Kier molecular flexibility index (Phi) is 2.72. The van der Waals surface area contributed by atoms with Crippen LogP contribution in [-0.2, 0) is 0 Å². The molecule has 4 N–H and O–H groups in total. The maximum atomic E-state index is 9.55. The highest BCUT2D eigenvalue weighted by atomic mass is 35.5. The van der Waals surface area contributed by atoms with Gasteiger partial charge < -0.3 is 15.9 Å². The van der Waals surface area contributed by atoms with Crippen molar-refractivity contribution >= 4 is 28.9 Å². The first-order valence-electron chi connectivity index (χ1n) is 3.88. The lowest BCUT2D eigenvalue weighted by Crippen LogP contribution is -1.85. The molecule has 4 heteroatoms. The number of fused-ring (bicyclic) bond motifs is 1. The van der Waals surface area contributed by atoms with Crippen molar-refractivity contribution < 1.29 is 10.2 Å². The molecule has 2 rings (SSSR count). The molecule has 0 heterocycles. The Labute approximate surface area is 87.2 Å². The Morgan fingerprint density at radius 1 is 1.00 bits per heavy atom. The molecule has 0 unspecified atom stereocenters. The van der Waals surface area contributed by atoms with Gasteiger partial charge in [0.15, 0.2) is 0 Å². The predicted octanol–water partition coefficient (Wildman–Crippen LogP) is 2.26. The molecule has 0 radical (unpaired) electrons. The summed E-state index contributed by atoms with van der Waals surface area (Å²) in [4.78, 5) is 0. The standard InChI is InChI=1S/C10H9NO2.ClH/c11-9-4-2-6-1-3-7(12)5-8(6)10(9)13;/h1-5,12-13H,11H2;1H. The lowest BCUT2D eigenvalue weighted by molar-refractivity contribution is 0.472. The third-order valence-electron chi connectivity index (χ3n) is 2.01. The Hall–Kier alpha value is -1.61. The van der Waals surface area contributed by atoms with E-state index in [4.69, 9.17) is 5.73 Å². The van der Waals surface area contributed by atoms with Crippen molar-refractivity contribution in [2.45, 2.75) is 0 Å². The van der Waals surface area contributed by atoms with E-state index in [0.29, 0.717) is 11.1 Å². The molecule has 0 spiro atoms. The Morgan fingerprint density at radius 3 is 2.36 bits per heavy atom. The summed E-state index contributed by atoms with van der Waals surface area (Å²) >= 11 is 0. The zero-order valence-electron chi connectivity index (χ0n) is 7.27. The van der Waals surface area contributed by atoms with Crippen LogP contribution in [0.4, 0.5) is 5.69 Å². The third kappa shape index (κ3) is 1.54. The van der Waals surface area contributed by atoms with Crippen molar-refractivity contribution in [1.82, 2.24) is 0 Å². The largest absolute Gasteiger partial charge is 0.508 e. The average molecular weight is 212 g/mol. The molecular weight excluding hydrogens is 202 g/mol. The number of phenolic OH excluding ortho intramolecular Hbond substituents is 2. The number of nitrogens with two attached hydrogens (primary N) is 1. The van der Waals surface area contributed by atoms with Crippen LogP contribution in [0.15, 0.2) is 30.3 Å². The Morgan fingerprint density at radius 2 is 1.64 bits per heavy atom. The van der Waals surface area contributed by atoms with Gasteiger partial charge in [-0.25, -0.2) is 0 Å². The summed E-state index contributed by atoms with van der Waals surface area (Å²) in [6, 6.07) is 8.21. The van der Waals surface area contributed by atoms with Gasteiger partial charge >= 0.3 is 0 Å². The highest BCUT2D eigenvalue weighted by Gasteiger charge is 2.03. The van der Waals surface area contributed by atoms with E-state index >= 15 is 0 Å². The van der Waals surface area contributed by atoms with Gasteiger partial charge in [-0.2, -0.15) is 0 Å². The number of rotatable bonds is 0. The predicted molar refractivity (Wildman–Crippen MR) is 58.9 cm³/mol. The van der Waals surface area contributed by atoms with E-state index < -0.39 is 0 Å². The zero-order valence-corrected chi connectivity index (χ0v) is 8.08. The zero-order chi connectivity index (χ0) is 9.42. The number of anilines is 1. The number of phenols is 2. The topological polar surface area (TPSA) is 66.5 Å². The summed E-state index contributed by atoms with van der Waals surface area (Å²) in [5.74, 6) is 0.141. The summed E-state index contributed by atoms with van der Waals surface area (Å²) in [7, 11) is 0. The monoisotopic (exact) mass is 211 g/mol. The Bertz CT molecular complexity index is 466. The van der Waals surface area contributed by atoms with E-state index in [1.807, 2.05) is 0 Å². The fraction of sp³-hybridized carbons (Fsp3) is 0. The number of halogens is 1. The maximum absolute atomic E-state index is 9.55. The van der Waals surface area contributed by atoms with Crippen molar-refractivity contribution in [1.29, 1.82) is 0 Å². The van der Waals surface area contributed by atoms with Crippen molar-refractivity contribution in [2.75, 3.05) is 5.73 Å². The first-order chi connectivity index (χ1) is 6.18. The van der Waals surface area contributed by atoms with Crippen molar-refractivity contribution in [3.63, 3.8) is 0 Å². The molecule has 0 aliphatic rings. The number of benzene rings is 2. The van der Waals surface area contributed by atoms with Crippen molar-refractivity contribution in [3.05, 3.63) is 30.3 Å². The van der Waals surface area contributed by atoms with Crippen molar-refractivity contribution in [2.24, 2.45) is 0 Å². The van der Waals surface area contributed by atoms with Gasteiger partial charge in [0.05, 0.1) is 5.69 Å². The van der Waals surface area contributed by atoms with Gasteiger partial charge in [-0.3, -0.25) is 0 Å². The summed E-state index contributed by atoms with van der Waals surface area (Å²) < 4.78 is 0. The highest BCUT2D eigenvalue weighted by molar-refractivity contribution is 5.93. The molecule has 0 aliphatic heterocycles. The van der Waals surface area contributed by atoms with E-state index in [1.165, 1.54) is 6.07 Å². The molecule has 2 aromatic rings. The van der Waals surface area contributed by atoms with E-state index in [2.05, 4.69) is 0 Å². The van der Waals surface area contributed by atoms with Gasteiger partial charge in [0.25, 0.3) is 0 Å². The van der Waals surface area contributed by atoms with Gasteiger partial charge in [-0.05, 0) is 23.6 Å². The smallest absolute Gasteiger partial charge is 0.146 e. The summed E-state index contributed by atoms with van der Waals surface area (Å²) in [5.41, 5.74) is 5.82. The molecule has 14 heavy (non-hydrogen) atoms. The van der Waals surface area contributed by atoms with E-state index in [9.17, 15) is 10.2 Å². The van der Waals surface area contributed by atoms with Gasteiger partial charge in [0.2, 0.25) is 0 Å². The minimum Gasteiger partial charge on any atom is -0.508 e. The number of hydrogen-bond donors (Lipinski definition) is 3. The molecule has 0 fully saturated rings. The van der Waals surface area contributed by atoms with Crippen molar-refractivity contribution in [3.8, 4) is 11.5 Å². The molecule has 2 aromatic carbocycles. The quantitative estimate of drug-likeness (QED) is 0.463. The van der Waals surface area contributed by atoms with Crippen LogP contribution in [0.1, 0.15) is 0 Å². The second-order valence-corrected chi connectivity index (χ2v) is 2.91. The third-order valence-corrected chi connectivity index (χ3v) is 2.01. The fourth-order valence-electron chi connectivity index (χ4n) is 1.31.